The Hall–Kier alpha value is -1.35. The van der Waals surface area contributed by atoms with Gasteiger partial charge in [0.05, 0.1) is 19.0 Å². The molecule has 0 amide bonds. The van der Waals surface area contributed by atoms with Crippen molar-refractivity contribution >= 4 is 17.5 Å². The molecule has 5 heteroatoms. The summed E-state index contributed by atoms with van der Waals surface area (Å²) in [6, 6.07) is 4.74. The van der Waals surface area contributed by atoms with E-state index in [4.69, 9.17) is 15.5 Å². The predicted molar refractivity (Wildman–Crippen MR) is 60.7 cm³/mol. The first-order chi connectivity index (χ1) is 7.72. The molecule has 1 aromatic rings. The number of carbonyl (C=O) groups is 1. The molecule has 0 heterocycles. The standard InChI is InChI=1S/C11H11NO3S/c12-7-16-6-11(15)8-1-2-9(4-13)10(3-8)5-14/h1-3,13-14H,4-6H2. The summed E-state index contributed by atoms with van der Waals surface area (Å²) in [6.07, 6.45) is 0. The van der Waals surface area contributed by atoms with E-state index in [0.29, 0.717) is 16.7 Å². The Balaban J connectivity index is 2.91. The highest BCUT2D eigenvalue weighted by atomic mass is 32.2. The molecule has 4 nitrogen and oxygen atoms in total. The lowest BCUT2D eigenvalue weighted by Crippen LogP contribution is -2.04. The number of benzene rings is 1. The monoisotopic (exact) mass is 237 g/mol. The highest BCUT2D eigenvalue weighted by Crippen LogP contribution is 2.14. The average Bonchev–Trinajstić information content (AvgIpc) is 2.34. The highest BCUT2D eigenvalue weighted by Gasteiger charge is 2.09. The van der Waals surface area contributed by atoms with Gasteiger partial charge in [-0.1, -0.05) is 12.1 Å². The molecule has 0 spiro atoms. The van der Waals surface area contributed by atoms with Crippen LogP contribution in [0.15, 0.2) is 18.2 Å². The van der Waals surface area contributed by atoms with Crippen molar-refractivity contribution < 1.29 is 15.0 Å². The van der Waals surface area contributed by atoms with Crippen LogP contribution in [0.2, 0.25) is 0 Å². The molecule has 0 aromatic heterocycles. The van der Waals surface area contributed by atoms with Gasteiger partial charge in [-0.25, -0.2) is 0 Å². The summed E-state index contributed by atoms with van der Waals surface area (Å²) in [5, 5.41) is 28.2. The van der Waals surface area contributed by atoms with E-state index >= 15 is 0 Å². The molecule has 0 aliphatic heterocycles. The Morgan fingerprint density at radius 3 is 2.56 bits per heavy atom. The molecule has 1 rings (SSSR count). The van der Waals surface area contributed by atoms with Gasteiger partial charge in [-0.2, -0.15) is 5.26 Å². The number of Topliss-reactive ketones (excluding diaryl/α,β-unsaturated/α-hetero) is 1. The maximum atomic E-state index is 11.6. The SMILES string of the molecule is N#CSCC(=O)c1ccc(CO)c(CO)c1. The molecule has 0 radical (unpaired) electrons. The van der Waals surface area contributed by atoms with Crippen LogP contribution in [0.5, 0.6) is 0 Å². The summed E-state index contributed by atoms with van der Waals surface area (Å²) in [5.41, 5.74) is 1.59. The molecule has 0 atom stereocenters. The van der Waals surface area contributed by atoms with E-state index < -0.39 is 0 Å². The van der Waals surface area contributed by atoms with E-state index in [2.05, 4.69) is 0 Å². The molecule has 84 valence electrons. The van der Waals surface area contributed by atoms with Crippen LogP contribution in [-0.4, -0.2) is 21.7 Å². The number of nitriles is 1. The lowest BCUT2D eigenvalue weighted by Gasteiger charge is -2.06. The molecule has 0 fully saturated rings. The molecule has 0 aliphatic carbocycles. The summed E-state index contributed by atoms with van der Waals surface area (Å²) in [7, 11) is 0. The van der Waals surface area contributed by atoms with Gasteiger partial charge in [-0.05, 0) is 29.0 Å². The Kier molecular flexibility index (Phi) is 4.99. The van der Waals surface area contributed by atoms with Crippen LogP contribution in [-0.2, 0) is 13.2 Å². The summed E-state index contributed by atoms with van der Waals surface area (Å²) < 4.78 is 0. The minimum atomic E-state index is -0.220. The van der Waals surface area contributed by atoms with Crippen molar-refractivity contribution in [2.24, 2.45) is 0 Å². The first-order valence-corrected chi connectivity index (χ1v) is 5.59. The molecule has 0 bridgehead atoms. The van der Waals surface area contributed by atoms with Crippen LogP contribution in [0.1, 0.15) is 21.5 Å². The van der Waals surface area contributed by atoms with Crippen molar-refractivity contribution in [1.82, 2.24) is 0 Å². The topological polar surface area (TPSA) is 81.3 Å². The quantitative estimate of drug-likeness (QED) is 0.591. The van der Waals surface area contributed by atoms with Crippen molar-refractivity contribution in [2.45, 2.75) is 13.2 Å². The van der Waals surface area contributed by atoms with Gasteiger partial charge in [0.2, 0.25) is 0 Å². The number of aliphatic hydroxyl groups excluding tert-OH is 2. The summed E-state index contributed by atoms with van der Waals surface area (Å²) in [4.78, 5) is 11.6. The Morgan fingerprint density at radius 1 is 1.31 bits per heavy atom. The average molecular weight is 237 g/mol. The van der Waals surface area contributed by atoms with Gasteiger partial charge < -0.3 is 10.2 Å². The van der Waals surface area contributed by atoms with E-state index in [0.717, 1.165) is 11.8 Å². The molecule has 0 unspecified atom stereocenters. The number of thioether (sulfide) groups is 1. The third-order valence-corrected chi connectivity index (χ3v) is 2.67. The molecule has 0 saturated heterocycles. The number of hydrogen-bond donors (Lipinski definition) is 2. The lowest BCUT2D eigenvalue weighted by atomic mass is 10.0. The first kappa shape index (κ1) is 12.7. The van der Waals surface area contributed by atoms with Gasteiger partial charge in [-0.15, -0.1) is 0 Å². The van der Waals surface area contributed by atoms with Crippen LogP contribution in [0.3, 0.4) is 0 Å². The van der Waals surface area contributed by atoms with Crippen molar-refractivity contribution in [3.8, 4) is 5.40 Å². The Bertz CT molecular complexity index is 426. The molecule has 16 heavy (non-hydrogen) atoms. The maximum Gasteiger partial charge on any atom is 0.173 e. The summed E-state index contributed by atoms with van der Waals surface area (Å²) >= 11 is 0.879. The Labute approximate surface area is 97.5 Å². The number of hydrogen-bond acceptors (Lipinski definition) is 5. The maximum absolute atomic E-state index is 11.6. The van der Waals surface area contributed by atoms with Gasteiger partial charge in [-0.3, -0.25) is 4.79 Å². The zero-order valence-corrected chi connectivity index (χ0v) is 9.33. The predicted octanol–water partition coefficient (Wildman–Crippen LogP) is 1.07. The molecular formula is C11H11NO3S. The van der Waals surface area contributed by atoms with E-state index in [9.17, 15) is 4.79 Å². The minimum Gasteiger partial charge on any atom is -0.392 e. The smallest absolute Gasteiger partial charge is 0.173 e. The van der Waals surface area contributed by atoms with Crippen LogP contribution in [0.25, 0.3) is 0 Å². The second-order valence-corrected chi connectivity index (χ2v) is 3.86. The first-order valence-electron chi connectivity index (χ1n) is 4.60. The van der Waals surface area contributed by atoms with Gasteiger partial charge in [0.25, 0.3) is 0 Å². The van der Waals surface area contributed by atoms with Crippen LogP contribution in [0, 0.1) is 10.7 Å². The van der Waals surface area contributed by atoms with Gasteiger partial charge >= 0.3 is 0 Å². The fourth-order valence-corrected chi connectivity index (χ4v) is 1.64. The van der Waals surface area contributed by atoms with E-state index in [-0.39, 0.29) is 24.7 Å². The van der Waals surface area contributed by atoms with Crippen molar-refractivity contribution in [3.05, 3.63) is 34.9 Å². The molecule has 0 saturated carbocycles. The lowest BCUT2D eigenvalue weighted by molar-refractivity contribution is 0.102. The second kappa shape index (κ2) is 6.28. The van der Waals surface area contributed by atoms with Crippen molar-refractivity contribution in [1.29, 1.82) is 5.26 Å². The molecule has 0 aliphatic rings. The summed E-state index contributed by atoms with van der Waals surface area (Å²) in [5.74, 6) is -0.0643. The van der Waals surface area contributed by atoms with E-state index in [1.807, 2.05) is 5.40 Å². The van der Waals surface area contributed by atoms with E-state index in [1.165, 1.54) is 0 Å². The van der Waals surface area contributed by atoms with Gasteiger partial charge in [0, 0.05) is 5.56 Å². The molecule has 2 N–H and O–H groups in total. The molecular weight excluding hydrogens is 226 g/mol. The number of ketones is 1. The largest absolute Gasteiger partial charge is 0.392 e. The van der Waals surface area contributed by atoms with E-state index in [1.54, 1.807) is 18.2 Å². The fourth-order valence-electron chi connectivity index (χ4n) is 1.28. The zero-order chi connectivity index (χ0) is 12.0. The van der Waals surface area contributed by atoms with Gasteiger partial charge in [0.1, 0.15) is 5.40 Å². The fraction of sp³-hybridized carbons (Fsp3) is 0.273. The van der Waals surface area contributed by atoms with Crippen LogP contribution >= 0.6 is 11.8 Å². The minimum absolute atomic E-state index is 0.0971. The number of carbonyl (C=O) groups excluding carboxylic acids is 1. The normalized spacial score (nSPS) is 9.81. The van der Waals surface area contributed by atoms with Gasteiger partial charge in [0.15, 0.2) is 5.78 Å². The zero-order valence-electron chi connectivity index (χ0n) is 8.51. The Morgan fingerprint density at radius 2 is 2.00 bits per heavy atom. The van der Waals surface area contributed by atoms with Crippen LogP contribution in [0.4, 0.5) is 0 Å². The number of thiocyanates is 1. The number of nitrogens with zero attached hydrogens (tertiary/aromatic N) is 1. The highest BCUT2D eigenvalue weighted by molar-refractivity contribution is 8.04. The van der Waals surface area contributed by atoms with Crippen molar-refractivity contribution in [2.75, 3.05) is 5.75 Å². The van der Waals surface area contributed by atoms with Crippen molar-refractivity contribution in [3.63, 3.8) is 0 Å². The summed E-state index contributed by atoms with van der Waals surface area (Å²) in [6.45, 7) is -0.389. The molecule has 1 aromatic carbocycles. The number of rotatable bonds is 5. The van der Waals surface area contributed by atoms with Crippen LogP contribution < -0.4 is 0 Å². The number of aliphatic hydroxyl groups is 2. The third kappa shape index (κ3) is 3.07. The third-order valence-electron chi connectivity index (χ3n) is 2.14. The second-order valence-electron chi connectivity index (χ2n) is 3.10.